The fourth-order valence-corrected chi connectivity index (χ4v) is 2.05. The normalized spacial score (nSPS) is 37.0. The van der Waals surface area contributed by atoms with Crippen molar-refractivity contribution >= 4 is 5.97 Å². The number of aliphatic hydroxyl groups excluding tert-OH is 3. The quantitative estimate of drug-likeness (QED) is 0.516. The fraction of sp³-hybridized carbons (Fsp3) is 0.917. The Hall–Kier alpha value is -0.730. The molecule has 0 bridgehead atoms. The average molecular weight is 278 g/mol. The Morgan fingerprint density at radius 2 is 1.89 bits per heavy atom. The van der Waals surface area contributed by atoms with Gasteiger partial charge in [0.05, 0.1) is 18.6 Å². The van der Waals surface area contributed by atoms with Crippen LogP contribution in [0, 0.1) is 0 Å². The number of rotatable bonds is 6. The second kappa shape index (κ2) is 7.16. The predicted octanol–water partition coefficient (Wildman–Crippen LogP) is -0.526. The third-order valence-corrected chi connectivity index (χ3v) is 3.15. The number of carboxylic acids is 1. The molecule has 1 rings (SSSR count). The molecule has 1 aliphatic heterocycles. The molecule has 0 amide bonds. The first-order chi connectivity index (χ1) is 8.86. The van der Waals surface area contributed by atoms with E-state index in [1.54, 1.807) is 6.92 Å². The summed E-state index contributed by atoms with van der Waals surface area (Å²) in [6.07, 6.45) is -5.38. The molecule has 1 saturated heterocycles. The lowest BCUT2D eigenvalue weighted by Crippen LogP contribution is -2.58. The summed E-state index contributed by atoms with van der Waals surface area (Å²) in [4.78, 5) is 10.7. The van der Waals surface area contributed by atoms with Crippen LogP contribution < -0.4 is 0 Å². The summed E-state index contributed by atoms with van der Waals surface area (Å²) < 4.78 is 10.7. The first-order valence-electron chi connectivity index (χ1n) is 6.43. The van der Waals surface area contributed by atoms with E-state index in [1.165, 1.54) is 0 Å². The molecule has 0 saturated carbocycles. The molecular weight excluding hydrogens is 256 g/mol. The molecule has 7 heteroatoms. The number of carboxylic acid groups (broad SMARTS) is 1. The van der Waals surface area contributed by atoms with Gasteiger partial charge in [-0.15, -0.1) is 0 Å². The second-order valence-electron chi connectivity index (χ2n) is 4.83. The van der Waals surface area contributed by atoms with Gasteiger partial charge in [-0.25, -0.2) is 0 Å². The monoisotopic (exact) mass is 278 g/mol. The van der Waals surface area contributed by atoms with Crippen LogP contribution in [-0.2, 0) is 14.3 Å². The van der Waals surface area contributed by atoms with Gasteiger partial charge < -0.3 is 29.9 Å². The first-order valence-corrected chi connectivity index (χ1v) is 6.43. The summed E-state index contributed by atoms with van der Waals surface area (Å²) in [5, 5.41) is 37.7. The number of hydrogen-bond acceptors (Lipinski definition) is 6. The molecule has 19 heavy (non-hydrogen) atoms. The maximum Gasteiger partial charge on any atom is 0.305 e. The molecule has 0 radical (unpaired) electrons. The maximum atomic E-state index is 10.7. The Bertz CT molecular complexity index is 296. The summed E-state index contributed by atoms with van der Waals surface area (Å²) in [6.45, 7) is 3.43. The zero-order chi connectivity index (χ0) is 14.6. The molecule has 1 heterocycles. The van der Waals surface area contributed by atoms with E-state index in [9.17, 15) is 20.1 Å². The molecule has 2 unspecified atom stereocenters. The molecule has 4 N–H and O–H groups in total. The number of aliphatic carboxylic acids is 1. The van der Waals surface area contributed by atoms with Crippen molar-refractivity contribution in [2.75, 3.05) is 0 Å². The van der Waals surface area contributed by atoms with Gasteiger partial charge in [0.15, 0.2) is 6.29 Å². The molecule has 0 aromatic rings. The van der Waals surface area contributed by atoms with Crippen LogP contribution in [0.1, 0.15) is 33.1 Å². The molecule has 1 aliphatic rings. The van der Waals surface area contributed by atoms with Crippen molar-refractivity contribution in [3.8, 4) is 0 Å². The van der Waals surface area contributed by atoms with Crippen LogP contribution in [0.15, 0.2) is 0 Å². The van der Waals surface area contributed by atoms with Gasteiger partial charge in [-0.3, -0.25) is 4.79 Å². The third kappa shape index (κ3) is 4.39. The molecule has 7 nitrogen and oxygen atoms in total. The minimum atomic E-state index is -1.40. The van der Waals surface area contributed by atoms with Crippen molar-refractivity contribution in [1.29, 1.82) is 0 Å². The molecule has 0 aromatic carbocycles. The predicted molar refractivity (Wildman–Crippen MR) is 64.4 cm³/mol. The van der Waals surface area contributed by atoms with Gasteiger partial charge in [0, 0.05) is 0 Å². The van der Waals surface area contributed by atoms with Gasteiger partial charge in [-0.1, -0.05) is 13.3 Å². The van der Waals surface area contributed by atoms with E-state index in [-0.39, 0.29) is 6.42 Å². The van der Waals surface area contributed by atoms with Crippen molar-refractivity contribution < 1.29 is 34.7 Å². The highest BCUT2D eigenvalue weighted by atomic mass is 16.7. The van der Waals surface area contributed by atoms with Gasteiger partial charge in [-0.05, 0) is 13.3 Å². The third-order valence-electron chi connectivity index (χ3n) is 3.15. The van der Waals surface area contributed by atoms with Crippen LogP contribution in [0.3, 0.4) is 0 Å². The van der Waals surface area contributed by atoms with E-state index in [2.05, 4.69) is 0 Å². The fourth-order valence-electron chi connectivity index (χ4n) is 2.05. The molecular formula is C12H22O7. The van der Waals surface area contributed by atoms with E-state index < -0.39 is 42.8 Å². The van der Waals surface area contributed by atoms with Crippen LogP contribution in [0.5, 0.6) is 0 Å². The van der Waals surface area contributed by atoms with Crippen LogP contribution in [0.25, 0.3) is 0 Å². The standard InChI is InChI=1S/C12H22O7/c1-3-4-7(5-8(13)14)19-12-11(17)10(16)9(15)6(2)18-12/h6-7,9-12,15-17H,3-5H2,1-2H3,(H,13,14)/t6-,7?,9-,10+,11+,12?/m0/s1. The molecule has 1 fully saturated rings. The Balaban J connectivity index is 2.64. The lowest BCUT2D eigenvalue weighted by molar-refractivity contribution is -0.304. The van der Waals surface area contributed by atoms with E-state index in [0.29, 0.717) is 6.42 Å². The summed E-state index contributed by atoms with van der Waals surface area (Å²) in [6, 6.07) is 0. The van der Waals surface area contributed by atoms with Gasteiger partial charge in [0.2, 0.25) is 0 Å². The van der Waals surface area contributed by atoms with Crippen LogP contribution in [0.2, 0.25) is 0 Å². The molecule has 0 aliphatic carbocycles. The van der Waals surface area contributed by atoms with E-state index in [1.807, 2.05) is 6.92 Å². The highest BCUT2D eigenvalue weighted by Crippen LogP contribution is 2.24. The van der Waals surface area contributed by atoms with Crippen molar-refractivity contribution in [2.45, 2.75) is 69.9 Å². The zero-order valence-electron chi connectivity index (χ0n) is 11.1. The highest BCUT2D eigenvalue weighted by molar-refractivity contribution is 5.67. The average Bonchev–Trinajstić information content (AvgIpc) is 2.33. The summed E-state index contributed by atoms with van der Waals surface area (Å²) in [5.74, 6) is -1.00. The zero-order valence-corrected chi connectivity index (χ0v) is 11.1. The summed E-state index contributed by atoms with van der Waals surface area (Å²) in [5.41, 5.74) is 0. The molecule has 0 spiro atoms. The van der Waals surface area contributed by atoms with Crippen LogP contribution in [-0.4, -0.2) is 63.2 Å². The topological polar surface area (TPSA) is 116 Å². The number of ether oxygens (including phenoxy) is 2. The van der Waals surface area contributed by atoms with Gasteiger partial charge in [-0.2, -0.15) is 0 Å². The van der Waals surface area contributed by atoms with Crippen molar-refractivity contribution in [3.63, 3.8) is 0 Å². The minimum absolute atomic E-state index is 0.201. The molecule has 112 valence electrons. The van der Waals surface area contributed by atoms with E-state index in [4.69, 9.17) is 14.6 Å². The largest absolute Gasteiger partial charge is 0.481 e. The van der Waals surface area contributed by atoms with Gasteiger partial charge >= 0.3 is 5.97 Å². The summed E-state index contributed by atoms with van der Waals surface area (Å²) in [7, 11) is 0. The van der Waals surface area contributed by atoms with E-state index in [0.717, 1.165) is 6.42 Å². The highest BCUT2D eigenvalue weighted by Gasteiger charge is 2.43. The Morgan fingerprint density at radius 1 is 1.26 bits per heavy atom. The number of carbonyl (C=O) groups is 1. The lowest BCUT2D eigenvalue weighted by atomic mass is 10.00. The second-order valence-corrected chi connectivity index (χ2v) is 4.83. The number of aliphatic hydroxyl groups is 3. The first kappa shape index (κ1) is 16.3. The van der Waals surface area contributed by atoms with Crippen molar-refractivity contribution in [2.24, 2.45) is 0 Å². The van der Waals surface area contributed by atoms with Gasteiger partial charge in [0.1, 0.15) is 18.3 Å². The summed E-state index contributed by atoms with van der Waals surface area (Å²) >= 11 is 0. The Labute approximate surface area is 111 Å². The number of hydrogen-bond donors (Lipinski definition) is 4. The smallest absolute Gasteiger partial charge is 0.305 e. The SMILES string of the molecule is CCCC(CC(=O)O)OC1O[C@@H](C)[C@H](O)[C@@H](O)[C@H]1O. The Kier molecular flexibility index (Phi) is 6.15. The molecule has 6 atom stereocenters. The minimum Gasteiger partial charge on any atom is -0.481 e. The molecule has 0 aromatic heterocycles. The van der Waals surface area contributed by atoms with E-state index >= 15 is 0 Å². The van der Waals surface area contributed by atoms with Crippen LogP contribution in [0.4, 0.5) is 0 Å². The van der Waals surface area contributed by atoms with Gasteiger partial charge in [0.25, 0.3) is 0 Å². The van der Waals surface area contributed by atoms with Crippen molar-refractivity contribution in [3.05, 3.63) is 0 Å². The lowest BCUT2D eigenvalue weighted by Gasteiger charge is -2.40. The van der Waals surface area contributed by atoms with Crippen molar-refractivity contribution in [1.82, 2.24) is 0 Å². The maximum absolute atomic E-state index is 10.7. The van der Waals surface area contributed by atoms with Crippen LogP contribution >= 0.6 is 0 Å². The Morgan fingerprint density at radius 3 is 2.42 bits per heavy atom.